The predicted octanol–water partition coefficient (Wildman–Crippen LogP) is 2.13. The van der Waals surface area contributed by atoms with Gasteiger partial charge in [0.2, 0.25) is 0 Å². The molecule has 1 fully saturated rings. The summed E-state index contributed by atoms with van der Waals surface area (Å²) < 4.78 is 0. The van der Waals surface area contributed by atoms with E-state index in [4.69, 9.17) is 0 Å². The highest BCUT2D eigenvalue weighted by atomic mass is 15.1. The molecule has 1 saturated heterocycles. The molecule has 0 radical (unpaired) electrons. The number of likely N-dealkylation sites (tertiary alicyclic amines) is 1. The third kappa shape index (κ3) is 1.98. The minimum absolute atomic E-state index is 0.753. The highest BCUT2D eigenvalue weighted by molar-refractivity contribution is 4.71. The number of hydrogen-bond donors (Lipinski definition) is 0. The van der Waals surface area contributed by atoms with Gasteiger partial charge >= 0.3 is 0 Å². The van der Waals surface area contributed by atoms with E-state index in [0.717, 1.165) is 12.0 Å². The molecule has 1 atom stereocenters. The number of piperidine rings is 1. The molecule has 1 aliphatic rings. The summed E-state index contributed by atoms with van der Waals surface area (Å²) in [5, 5.41) is 0. The highest BCUT2D eigenvalue weighted by Gasteiger charge is 2.17. The lowest BCUT2D eigenvalue weighted by Crippen LogP contribution is -2.38. The van der Waals surface area contributed by atoms with Crippen LogP contribution in [0.4, 0.5) is 0 Å². The minimum Gasteiger partial charge on any atom is -0.301 e. The monoisotopic (exact) mass is 141 g/mol. The normalized spacial score (nSPS) is 29.4. The molecule has 1 aliphatic heterocycles. The van der Waals surface area contributed by atoms with Crippen LogP contribution in [0.15, 0.2) is 0 Å². The zero-order chi connectivity index (χ0) is 7.56. The third-order valence-electron chi connectivity index (χ3n) is 2.42. The molecule has 0 amide bonds. The second kappa shape index (κ2) is 3.38. The predicted molar refractivity (Wildman–Crippen MR) is 45.1 cm³/mol. The van der Waals surface area contributed by atoms with Crippen LogP contribution in [0.1, 0.15) is 33.6 Å². The lowest BCUT2D eigenvalue weighted by Gasteiger charge is -2.33. The molecule has 0 aromatic heterocycles. The van der Waals surface area contributed by atoms with Crippen LogP contribution in [0.25, 0.3) is 0 Å². The van der Waals surface area contributed by atoms with Crippen molar-refractivity contribution in [2.75, 3.05) is 13.1 Å². The van der Waals surface area contributed by atoms with Crippen molar-refractivity contribution in [1.29, 1.82) is 0 Å². The van der Waals surface area contributed by atoms with Gasteiger partial charge in [-0.3, -0.25) is 0 Å². The lowest BCUT2D eigenvalue weighted by atomic mass is 9.99. The minimum atomic E-state index is 0.753. The van der Waals surface area contributed by atoms with Crippen molar-refractivity contribution in [3.8, 4) is 0 Å². The molecule has 10 heavy (non-hydrogen) atoms. The first-order valence-corrected chi connectivity index (χ1v) is 4.44. The van der Waals surface area contributed by atoms with Gasteiger partial charge in [0.05, 0.1) is 0 Å². The summed E-state index contributed by atoms with van der Waals surface area (Å²) in [4.78, 5) is 2.58. The van der Waals surface area contributed by atoms with E-state index in [2.05, 4.69) is 25.7 Å². The van der Waals surface area contributed by atoms with Crippen LogP contribution in [-0.4, -0.2) is 24.0 Å². The maximum Gasteiger partial charge on any atom is 0.00387 e. The Balaban J connectivity index is 2.32. The molecule has 0 bridgehead atoms. The Kier molecular flexibility index (Phi) is 2.72. The Hall–Kier alpha value is -0.0400. The molecule has 0 saturated carbocycles. The van der Waals surface area contributed by atoms with E-state index < -0.39 is 0 Å². The van der Waals surface area contributed by atoms with Crippen LogP contribution in [0.5, 0.6) is 0 Å². The van der Waals surface area contributed by atoms with E-state index >= 15 is 0 Å². The standard InChI is InChI=1S/C9H19N/c1-8(2)10-6-4-5-9(3)7-10/h8-9H,4-7H2,1-3H3/t9-/m0/s1. The summed E-state index contributed by atoms with van der Waals surface area (Å²) in [5.74, 6) is 0.927. The van der Waals surface area contributed by atoms with Crippen molar-refractivity contribution >= 4 is 0 Å². The fraction of sp³-hybridized carbons (Fsp3) is 1.00. The quantitative estimate of drug-likeness (QED) is 0.540. The number of rotatable bonds is 1. The van der Waals surface area contributed by atoms with Gasteiger partial charge < -0.3 is 4.90 Å². The van der Waals surface area contributed by atoms with E-state index in [-0.39, 0.29) is 0 Å². The van der Waals surface area contributed by atoms with Crippen LogP contribution in [-0.2, 0) is 0 Å². The first-order chi connectivity index (χ1) is 4.70. The molecule has 0 aliphatic carbocycles. The van der Waals surface area contributed by atoms with Gasteiger partial charge in [-0.15, -0.1) is 0 Å². The van der Waals surface area contributed by atoms with Crippen molar-refractivity contribution in [2.24, 2.45) is 5.92 Å². The zero-order valence-electron chi connectivity index (χ0n) is 7.43. The van der Waals surface area contributed by atoms with E-state index in [0.29, 0.717) is 0 Å². The zero-order valence-corrected chi connectivity index (χ0v) is 7.43. The van der Waals surface area contributed by atoms with Crippen LogP contribution in [0.2, 0.25) is 0 Å². The maximum atomic E-state index is 2.58. The van der Waals surface area contributed by atoms with Gasteiger partial charge in [-0.1, -0.05) is 6.92 Å². The van der Waals surface area contributed by atoms with Crippen molar-refractivity contribution in [3.63, 3.8) is 0 Å². The number of nitrogens with zero attached hydrogens (tertiary/aromatic N) is 1. The fourth-order valence-corrected chi connectivity index (χ4v) is 1.69. The average molecular weight is 141 g/mol. The third-order valence-corrected chi connectivity index (χ3v) is 2.42. The van der Waals surface area contributed by atoms with Crippen molar-refractivity contribution in [1.82, 2.24) is 4.90 Å². The van der Waals surface area contributed by atoms with Gasteiger partial charge in [-0.2, -0.15) is 0 Å². The summed E-state index contributed by atoms with van der Waals surface area (Å²) in [6.07, 6.45) is 2.84. The second-order valence-corrected chi connectivity index (χ2v) is 3.84. The van der Waals surface area contributed by atoms with Crippen LogP contribution in [0, 0.1) is 5.92 Å². The molecule has 60 valence electrons. The van der Waals surface area contributed by atoms with Crippen LogP contribution < -0.4 is 0 Å². The van der Waals surface area contributed by atoms with Gasteiger partial charge in [-0.05, 0) is 39.2 Å². The Bertz CT molecular complexity index is 98.9. The maximum absolute atomic E-state index is 2.58. The summed E-state index contributed by atoms with van der Waals surface area (Å²) in [6.45, 7) is 9.57. The van der Waals surface area contributed by atoms with E-state index in [1.165, 1.54) is 25.9 Å². The molecular weight excluding hydrogens is 122 g/mol. The Morgan fingerprint density at radius 3 is 2.50 bits per heavy atom. The number of hydrogen-bond acceptors (Lipinski definition) is 1. The first kappa shape index (κ1) is 8.06. The second-order valence-electron chi connectivity index (χ2n) is 3.84. The molecule has 1 heteroatoms. The summed E-state index contributed by atoms with van der Waals surface area (Å²) in [5.41, 5.74) is 0. The van der Waals surface area contributed by atoms with Gasteiger partial charge in [0.25, 0.3) is 0 Å². The SMILES string of the molecule is CC(C)N1CCC[C@H](C)C1. The van der Waals surface area contributed by atoms with E-state index in [9.17, 15) is 0 Å². The highest BCUT2D eigenvalue weighted by Crippen LogP contribution is 2.16. The molecule has 0 spiro atoms. The molecule has 0 N–H and O–H groups in total. The summed E-state index contributed by atoms with van der Waals surface area (Å²) >= 11 is 0. The topological polar surface area (TPSA) is 3.24 Å². The fourth-order valence-electron chi connectivity index (χ4n) is 1.69. The van der Waals surface area contributed by atoms with Crippen molar-refractivity contribution in [2.45, 2.75) is 39.7 Å². The molecule has 1 heterocycles. The molecule has 0 unspecified atom stereocenters. The largest absolute Gasteiger partial charge is 0.301 e. The lowest BCUT2D eigenvalue weighted by molar-refractivity contribution is 0.147. The van der Waals surface area contributed by atoms with E-state index in [1.54, 1.807) is 0 Å². The van der Waals surface area contributed by atoms with Gasteiger partial charge in [0, 0.05) is 12.6 Å². The smallest absolute Gasteiger partial charge is 0.00387 e. The van der Waals surface area contributed by atoms with Gasteiger partial charge in [0.15, 0.2) is 0 Å². The van der Waals surface area contributed by atoms with Crippen molar-refractivity contribution in [3.05, 3.63) is 0 Å². The molecule has 1 nitrogen and oxygen atoms in total. The summed E-state index contributed by atoms with van der Waals surface area (Å²) in [7, 11) is 0. The molecule has 0 aromatic rings. The molecular formula is C9H19N. The summed E-state index contributed by atoms with van der Waals surface area (Å²) in [6, 6.07) is 0.753. The Labute approximate surface area is 64.4 Å². The van der Waals surface area contributed by atoms with Crippen molar-refractivity contribution < 1.29 is 0 Å². The van der Waals surface area contributed by atoms with Crippen LogP contribution in [0.3, 0.4) is 0 Å². The first-order valence-electron chi connectivity index (χ1n) is 4.44. The average Bonchev–Trinajstić information content (AvgIpc) is 1.88. The van der Waals surface area contributed by atoms with Gasteiger partial charge in [-0.25, -0.2) is 0 Å². The molecule has 0 aromatic carbocycles. The Morgan fingerprint density at radius 2 is 2.10 bits per heavy atom. The van der Waals surface area contributed by atoms with Crippen LogP contribution >= 0.6 is 0 Å². The molecule has 1 rings (SSSR count). The Morgan fingerprint density at radius 1 is 1.40 bits per heavy atom. The van der Waals surface area contributed by atoms with E-state index in [1.807, 2.05) is 0 Å². The van der Waals surface area contributed by atoms with Gasteiger partial charge in [0.1, 0.15) is 0 Å².